The molecule has 2 fully saturated rings. The van der Waals surface area contributed by atoms with Crippen molar-refractivity contribution in [1.82, 2.24) is 4.98 Å². The summed E-state index contributed by atoms with van der Waals surface area (Å²) in [5.41, 5.74) is -0.347. The first-order valence-corrected chi connectivity index (χ1v) is 14.8. The minimum atomic E-state index is -4.74. The van der Waals surface area contributed by atoms with E-state index in [9.17, 15) is 18.0 Å². The zero-order valence-electron chi connectivity index (χ0n) is 25.4. The molecule has 1 aliphatic heterocycles. The van der Waals surface area contributed by atoms with Crippen LogP contribution in [0, 0.1) is 5.82 Å². The van der Waals surface area contributed by atoms with Crippen LogP contribution >= 0.6 is 0 Å². The van der Waals surface area contributed by atoms with E-state index in [4.69, 9.17) is 23.7 Å². The van der Waals surface area contributed by atoms with Gasteiger partial charge in [-0.25, -0.2) is 14.2 Å². The van der Waals surface area contributed by atoms with Crippen molar-refractivity contribution in [3.63, 3.8) is 0 Å². The van der Waals surface area contributed by atoms with E-state index < -0.39 is 29.2 Å². The Morgan fingerprint density at radius 3 is 2.38 bits per heavy atom. The Morgan fingerprint density at radius 1 is 0.979 bits per heavy atom. The largest absolute Gasteiger partial charge is 0.497 e. The highest BCUT2D eigenvalue weighted by Gasteiger charge is 2.40. The average molecular weight is 654 g/mol. The smallest absolute Gasteiger partial charge is 0.420 e. The number of alkyl halides is 3. The molecule has 0 radical (unpaired) electrons. The number of aromatic nitrogens is 1. The lowest BCUT2D eigenvalue weighted by molar-refractivity contribution is -0.160. The lowest BCUT2D eigenvalue weighted by atomic mass is 10.0. The summed E-state index contributed by atoms with van der Waals surface area (Å²) in [5, 5.41) is 4.66. The van der Waals surface area contributed by atoms with Crippen molar-refractivity contribution < 1.29 is 46.0 Å². The number of nitrogens with one attached hydrogen (secondary N) is 2. The summed E-state index contributed by atoms with van der Waals surface area (Å²) < 4.78 is 84.2. The number of hydrogen-bond acceptors (Lipinski definition) is 7. The number of carbonyl (C=O) groups excluding carboxylic acids is 1. The van der Waals surface area contributed by atoms with E-state index in [1.165, 1.54) is 24.4 Å². The van der Waals surface area contributed by atoms with Crippen LogP contribution in [0.3, 0.4) is 0 Å². The molecule has 0 spiro atoms. The second-order valence-corrected chi connectivity index (χ2v) is 11.5. The number of anilines is 2. The van der Waals surface area contributed by atoms with Crippen LogP contribution in [0.1, 0.15) is 30.9 Å². The Morgan fingerprint density at radius 2 is 1.74 bits per heavy atom. The lowest BCUT2D eigenvalue weighted by Crippen LogP contribution is -2.51. The predicted octanol–water partition coefficient (Wildman–Crippen LogP) is 7.85. The van der Waals surface area contributed by atoms with Crippen molar-refractivity contribution in [3.05, 3.63) is 89.9 Å². The van der Waals surface area contributed by atoms with E-state index in [0.29, 0.717) is 22.8 Å². The maximum Gasteiger partial charge on any atom is 0.420 e. The SMILES string of the molecule is COc1ccc(COc2ncc(-c3ccc(NC(=O)Nc4ccc(OC5(C)COC5)c(C(F)(F)F)c4)c(F)c3)cc2OC2CC2)cc1. The summed E-state index contributed by atoms with van der Waals surface area (Å²) >= 11 is 0. The molecule has 2 aliphatic rings. The van der Waals surface area contributed by atoms with Gasteiger partial charge in [0, 0.05) is 17.4 Å². The number of nitrogens with zero attached hydrogens (tertiary/aromatic N) is 1. The molecule has 1 aliphatic carbocycles. The molecule has 1 saturated heterocycles. The summed E-state index contributed by atoms with van der Waals surface area (Å²) in [5.74, 6) is 0.302. The first-order valence-electron chi connectivity index (χ1n) is 14.8. The molecule has 1 aromatic heterocycles. The van der Waals surface area contributed by atoms with Crippen LogP contribution in [-0.4, -0.2) is 43.0 Å². The van der Waals surface area contributed by atoms with Crippen LogP contribution in [0.15, 0.2) is 72.9 Å². The molecular weight excluding hydrogens is 622 g/mol. The van der Waals surface area contributed by atoms with Crippen LogP contribution in [0.5, 0.6) is 23.1 Å². The van der Waals surface area contributed by atoms with E-state index in [2.05, 4.69) is 15.6 Å². The van der Waals surface area contributed by atoms with E-state index in [1.54, 1.807) is 26.2 Å². The number of methoxy groups -OCH3 is 1. The summed E-state index contributed by atoms with van der Waals surface area (Å²) in [4.78, 5) is 17.1. The van der Waals surface area contributed by atoms with Gasteiger partial charge < -0.3 is 34.3 Å². The van der Waals surface area contributed by atoms with E-state index in [1.807, 2.05) is 24.3 Å². The normalized spacial score (nSPS) is 15.3. The minimum absolute atomic E-state index is 0.0498. The van der Waals surface area contributed by atoms with Crippen LogP contribution in [-0.2, 0) is 17.5 Å². The average Bonchev–Trinajstić information content (AvgIpc) is 3.85. The van der Waals surface area contributed by atoms with E-state index >= 15 is 4.39 Å². The third kappa shape index (κ3) is 7.86. The molecule has 0 bridgehead atoms. The zero-order valence-corrected chi connectivity index (χ0v) is 25.4. The Hall–Kier alpha value is -5.04. The second kappa shape index (κ2) is 13.0. The number of halogens is 4. The van der Waals surface area contributed by atoms with Gasteiger partial charge in [0.25, 0.3) is 5.88 Å². The van der Waals surface area contributed by atoms with Crippen LogP contribution < -0.4 is 29.6 Å². The van der Waals surface area contributed by atoms with E-state index in [0.717, 1.165) is 36.3 Å². The summed E-state index contributed by atoms with van der Waals surface area (Å²) in [6.45, 7) is 2.21. The first-order chi connectivity index (χ1) is 22.5. The number of urea groups is 1. The molecule has 246 valence electrons. The molecule has 4 aromatic rings. The Balaban J connectivity index is 1.13. The molecule has 13 heteroatoms. The van der Waals surface area contributed by atoms with Crippen molar-refractivity contribution >= 4 is 17.4 Å². The van der Waals surface area contributed by atoms with Crippen molar-refractivity contribution in [1.29, 1.82) is 0 Å². The van der Waals surface area contributed by atoms with Gasteiger partial charge in [-0.3, -0.25) is 0 Å². The fourth-order valence-corrected chi connectivity index (χ4v) is 4.73. The Labute approximate surface area is 267 Å². The van der Waals surface area contributed by atoms with Crippen molar-refractivity contribution in [2.24, 2.45) is 0 Å². The minimum Gasteiger partial charge on any atom is -0.497 e. The molecule has 47 heavy (non-hydrogen) atoms. The third-order valence-corrected chi connectivity index (χ3v) is 7.44. The molecular formula is C34H31F4N3O6. The molecule has 2 N–H and O–H groups in total. The highest BCUT2D eigenvalue weighted by molar-refractivity contribution is 6.00. The number of benzene rings is 3. The lowest BCUT2D eigenvalue weighted by Gasteiger charge is -2.38. The summed E-state index contributed by atoms with van der Waals surface area (Å²) in [7, 11) is 1.59. The quantitative estimate of drug-likeness (QED) is 0.159. The summed E-state index contributed by atoms with van der Waals surface area (Å²) in [6, 6.07) is 15.5. The predicted molar refractivity (Wildman–Crippen MR) is 165 cm³/mol. The van der Waals surface area contributed by atoms with Gasteiger partial charge in [0.2, 0.25) is 0 Å². The van der Waals surface area contributed by atoms with Gasteiger partial charge in [-0.05, 0) is 79.4 Å². The number of amides is 2. The maximum absolute atomic E-state index is 15.2. The van der Waals surface area contributed by atoms with Crippen molar-refractivity contribution in [2.75, 3.05) is 31.0 Å². The molecule has 3 aromatic carbocycles. The highest BCUT2D eigenvalue weighted by Crippen LogP contribution is 2.40. The number of carbonyl (C=O) groups is 1. The molecule has 6 rings (SSSR count). The number of hydrogen-bond donors (Lipinski definition) is 2. The fourth-order valence-electron chi connectivity index (χ4n) is 4.73. The number of rotatable bonds is 11. The monoisotopic (exact) mass is 653 g/mol. The first kappa shape index (κ1) is 31.9. The van der Waals surface area contributed by atoms with Crippen LogP contribution in [0.25, 0.3) is 11.1 Å². The van der Waals surface area contributed by atoms with Gasteiger partial charge in [0.1, 0.15) is 23.9 Å². The molecule has 9 nitrogen and oxygen atoms in total. The molecule has 2 heterocycles. The van der Waals surface area contributed by atoms with Gasteiger partial charge in [-0.1, -0.05) is 18.2 Å². The molecule has 2 amide bonds. The van der Waals surface area contributed by atoms with Gasteiger partial charge in [0.05, 0.1) is 37.7 Å². The van der Waals surface area contributed by atoms with Gasteiger partial charge in [-0.2, -0.15) is 13.2 Å². The maximum atomic E-state index is 15.2. The van der Waals surface area contributed by atoms with Gasteiger partial charge in [0.15, 0.2) is 11.4 Å². The second-order valence-electron chi connectivity index (χ2n) is 11.5. The van der Waals surface area contributed by atoms with Gasteiger partial charge in [-0.15, -0.1) is 0 Å². The van der Waals surface area contributed by atoms with Crippen molar-refractivity contribution in [3.8, 4) is 34.3 Å². The highest BCUT2D eigenvalue weighted by atomic mass is 19.4. The topological polar surface area (TPSA) is 100 Å². The Kier molecular flexibility index (Phi) is 8.82. The fraction of sp³-hybridized carbons (Fsp3) is 0.294. The van der Waals surface area contributed by atoms with Crippen LogP contribution in [0.4, 0.5) is 33.7 Å². The summed E-state index contributed by atoms with van der Waals surface area (Å²) in [6.07, 6.45) is -1.35. The number of pyridine rings is 1. The van der Waals surface area contributed by atoms with Gasteiger partial charge >= 0.3 is 12.2 Å². The Bertz CT molecular complexity index is 1760. The van der Waals surface area contributed by atoms with Crippen molar-refractivity contribution in [2.45, 2.75) is 44.3 Å². The molecule has 1 saturated carbocycles. The van der Waals surface area contributed by atoms with E-state index in [-0.39, 0.29) is 43.0 Å². The molecule has 0 atom stereocenters. The van der Waals surface area contributed by atoms with Crippen LogP contribution in [0.2, 0.25) is 0 Å². The third-order valence-electron chi connectivity index (χ3n) is 7.44. The zero-order chi connectivity index (χ0) is 33.2. The number of ether oxygens (including phenoxy) is 5. The standard InChI is InChI=1S/C34H31F4N3O6/c1-33(18-44-19-33)47-29-12-6-23(15-26(29)34(36,37)38)40-32(42)41-28-11-5-21(13-27(28)35)22-14-30(46-25-9-10-25)31(39-16-22)45-17-20-3-7-24(43-2)8-4-20/h3-8,11-16,25H,9-10,17-19H2,1-2H3,(H2,40,41,42). The molecule has 0 unspecified atom stereocenters.